The summed E-state index contributed by atoms with van der Waals surface area (Å²) in [6.45, 7) is 4.68. The third-order valence-electron chi connectivity index (χ3n) is 16.4. The monoisotopic (exact) mass is 1220 g/mol. The van der Waals surface area contributed by atoms with Gasteiger partial charge in [0.05, 0.1) is 40.3 Å². The molecule has 0 saturated heterocycles. The Morgan fingerprint density at radius 3 is 0.989 bits per heavy atom. The molecule has 9 nitrogen and oxygen atoms in total. The fraction of sp³-hybridized carbons (Fsp3) is 0.808. The van der Waals surface area contributed by atoms with Gasteiger partial charge in [0.15, 0.2) is 12.4 Å². The van der Waals surface area contributed by atoms with E-state index in [9.17, 15) is 19.5 Å². The number of allylic oxidation sites excluding steroid dienone is 12. The zero-order valence-corrected chi connectivity index (χ0v) is 57.9. The topological polar surface area (TPSA) is 111 Å². The predicted octanol–water partition coefficient (Wildman–Crippen LogP) is 21.9. The highest BCUT2D eigenvalue weighted by Crippen LogP contribution is 2.18. The van der Waals surface area contributed by atoms with Crippen LogP contribution in [0.25, 0.3) is 0 Å². The molecular formula is C78H141NO8. The Hall–Kier alpha value is -3.27. The SMILES string of the molecule is CC/C=C\C/C=C\C/C=C\C/C=C\C/C=C\CCCCCCCCCCCCCC(=O)OC(COC(=O)CCCCCCCCCCCCCCCCCCCCCCCCC/C=C\CCCCCCCCCC)COC(OCC[N+](C)(C)C)C(=O)[O-]. The van der Waals surface area contributed by atoms with Gasteiger partial charge >= 0.3 is 11.9 Å². The van der Waals surface area contributed by atoms with Crippen LogP contribution in [-0.4, -0.2) is 82.3 Å². The molecule has 0 heterocycles. The quantitative estimate of drug-likeness (QED) is 0.0195. The molecule has 506 valence electrons. The van der Waals surface area contributed by atoms with Crippen LogP contribution in [0.4, 0.5) is 0 Å². The van der Waals surface area contributed by atoms with E-state index in [1.807, 2.05) is 21.1 Å². The molecule has 87 heavy (non-hydrogen) atoms. The number of ether oxygens (including phenoxy) is 4. The van der Waals surface area contributed by atoms with Crippen molar-refractivity contribution in [3.05, 3.63) is 72.9 Å². The van der Waals surface area contributed by atoms with Crippen LogP contribution in [0.1, 0.15) is 348 Å². The second kappa shape index (κ2) is 68.6. The van der Waals surface area contributed by atoms with E-state index in [1.165, 1.54) is 238 Å². The van der Waals surface area contributed by atoms with Gasteiger partial charge in [-0.15, -0.1) is 0 Å². The van der Waals surface area contributed by atoms with Crippen molar-refractivity contribution in [3.63, 3.8) is 0 Å². The third kappa shape index (κ3) is 70.1. The van der Waals surface area contributed by atoms with Gasteiger partial charge in [-0.05, 0) is 83.5 Å². The standard InChI is InChI=1S/C78H141NO8/c1-6-8-10-12-14-16-18-20-22-24-26-28-30-32-34-35-36-37-38-39-40-41-43-44-46-48-50-52-54-56-58-60-62-64-66-68-75(80)85-72-74(73-86-78(77(82)83)84-71-70-79(3,4)5)87-76(81)69-67-65-63-61-59-57-55-53-51-49-47-45-42-33-31-29-27-25-23-21-19-17-15-13-11-9-7-2/h9,11,15,17,21,23-24,26-27,29,33,42,74,78H,6-8,10,12-14,16,18-20,22,25,28,30-32,34-41,43-73H2,1-5H3/b11-9-,17-15-,23-21-,26-24-,29-27-,42-33-. The van der Waals surface area contributed by atoms with Crippen molar-refractivity contribution >= 4 is 17.9 Å². The minimum atomic E-state index is -1.62. The summed E-state index contributed by atoms with van der Waals surface area (Å²) in [6.07, 6.45) is 88.6. The van der Waals surface area contributed by atoms with Gasteiger partial charge in [0.1, 0.15) is 13.2 Å². The summed E-state index contributed by atoms with van der Waals surface area (Å²) in [4.78, 5) is 37.5. The fourth-order valence-corrected chi connectivity index (χ4v) is 10.8. The largest absolute Gasteiger partial charge is 0.545 e. The number of nitrogens with zero attached hydrogens (tertiary/aromatic N) is 1. The lowest BCUT2D eigenvalue weighted by atomic mass is 10.0. The van der Waals surface area contributed by atoms with Crippen molar-refractivity contribution < 1.29 is 42.9 Å². The molecular weight excluding hydrogens is 1080 g/mol. The molecule has 0 N–H and O–H groups in total. The molecule has 0 aromatic heterocycles. The van der Waals surface area contributed by atoms with Crippen LogP contribution in [0, 0.1) is 0 Å². The first-order valence-electron chi connectivity index (χ1n) is 37.1. The van der Waals surface area contributed by atoms with E-state index in [2.05, 4.69) is 86.8 Å². The molecule has 0 amide bonds. The number of quaternary nitrogens is 1. The maximum absolute atomic E-state index is 12.9. The average molecular weight is 1220 g/mol. The first-order valence-corrected chi connectivity index (χ1v) is 37.1. The Kier molecular flexibility index (Phi) is 66.1. The number of esters is 2. The highest BCUT2D eigenvalue weighted by Gasteiger charge is 2.22. The molecule has 0 spiro atoms. The zero-order chi connectivity index (χ0) is 63.3. The number of carbonyl (C=O) groups is 3. The summed E-state index contributed by atoms with van der Waals surface area (Å²) in [5.41, 5.74) is 0. The number of carboxylic acid groups (broad SMARTS) is 1. The lowest BCUT2D eigenvalue weighted by Gasteiger charge is -2.26. The summed E-state index contributed by atoms with van der Waals surface area (Å²) in [5, 5.41) is 11.8. The first-order chi connectivity index (χ1) is 42.6. The molecule has 2 unspecified atom stereocenters. The second-order valence-corrected chi connectivity index (χ2v) is 26.2. The molecule has 0 rings (SSSR count). The van der Waals surface area contributed by atoms with Gasteiger partial charge < -0.3 is 33.3 Å². The minimum absolute atomic E-state index is 0.146. The van der Waals surface area contributed by atoms with Crippen molar-refractivity contribution in [3.8, 4) is 0 Å². The number of likely N-dealkylation sites (N-methyl/N-ethyl adjacent to an activating group) is 1. The molecule has 2 atom stereocenters. The molecule has 0 fully saturated rings. The van der Waals surface area contributed by atoms with Crippen molar-refractivity contribution in [1.82, 2.24) is 0 Å². The van der Waals surface area contributed by atoms with Gasteiger partial charge in [-0.1, -0.05) is 324 Å². The summed E-state index contributed by atoms with van der Waals surface area (Å²) >= 11 is 0. The summed E-state index contributed by atoms with van der Waals surface area (Å²) < 4.78 is 22.8. The van der Waals surface area contributed by atoms with Gasteiger partial charge in [0.2, 0.25) is 0 Å². The molecule has 0 aromatic rings. The van der Waals surface area contributed by atoms with Gasteiger partial charge in [0, 0.05) is 12.8 Å². The Balaban J connectivity index is 4.03. The number of hydrogen-bond donors (Lipinski definition) is 0. The molecule has 0 aliphatic heterocycles. The molecule has 0 aliphatic rings. The molecule has 0 bridgehead atoms. The zero-order valence-electron chi connectivity index (χ0n) is 57.9. The van der Waals surface area contributed by atoms with Crippen molar-refractivity contribution in [2.45, 2.75) is 360 Å². The number of rotatable bonds is 69. The first kappa shape index (κ1) is 83.7. The lowest BCUT2D eigenvalue weighted by Crippen LogP contribution is -2.44. The van der Waals surface area contributed by atoms with E-state index < -0.39 is 24.3 Å². The van der Waals surface area contributed by atoms with E-state index in [1.54, 1.807) is 0 Å². The van der Waals surface area contributed by atoms with Crippen LogP contribution < -0.4 is 5.11 Å². The highest BCUT2D eigenvalue weighted by molar-refractivity contribution is 5.70. The van der Waals surface area contributed by atoms with E-state index in [0.29, 0.717) is 23.9 Å². The lowest BCUT2D eigenvalue weighted by molar-refractivity contribution is -0.870. The Labute approximate surface area is 538 Å². The summed E-state index contributed by atoms with van der Waals surface area (Å²) in [5.74, 6) is -2.27. The van der Waals surface area contributed by atoms with Crippen LogP contribution in [0.3, 0.4) is 0 Å². The Morgan fingerprint density at radius 2 is 0.655 bits per heavy atom. The number of carboxylic acids is 1. The van der Waals surface area contributed by atoms with Crippen LogP contribution >= 0.6 is 0 Å². The number of hydrogen-bond acceptors (Lipinski definition) is 8. The summed E-state index contributed by atoms with van der Waals surface area (Å²) in [7, 11) is 5.94. The van der Waals surface area contributed by atoms with Crippen molar-refractivity contribution in [2.75, 3.05) is 47.5 Å². The highest BCUT2D eigenvalue weighted by atomic mass is 16.7. The van der Waals surface area contributed by atoms with E-state index in [0.717, 1.165) is 77.0 Å². The normalized spacial score (nSPS) is 13.1. The molecule has 0 saturated carbocycles. The van der Waals surface area contributed by atoms with Crippen LogP contribution in [0.2, 0.25) is 0 Å². The van der Waals surface area contributed by atoms with Crippen molar-refractivity contribution in [1.29, 1.82) is 0 Å². The van der Waals surface area contributed by atoms with Gasteiger partial charge in [-0.3, -0.25) is 9.59 Å². The maximum atomic E-state index is 12.9. The Bertz CT molecular complexity index is 1660. The number of unbranched alkanes of at least 4 members (excludes halogenated alkanes) is 42. The van der Waals surface area contributed by atoms with Gasteiger partial charge in [0.25, 0.3) is 0 Å². The average Bonchev–Trinajstić information content (AvgIpc) is 3.56. The van der Waals surface area contributed by atoms with Crippen molar-refractivity contribution in [2.24, 2.45) is 0 Å². The number of carbonyl (C=O) groups excluding carboxylic acids is 3. The molecule has 9 heteroatoms. The van der Waals surface area contributed by atoms with Gasteiger partial charge in [-0.2, -0.15) is 0 Å². The number of aliphatic carboxylic acids is 1. The van der Waals surface area contributed by atoms with Crippen LogP contribution in [0.5, 0.6) is 0 Å². The molecule has 0 radical (unpaired) electrons. The smallest absolute Gasteiger partial charge is 0.306 e. The Morgan fingerprint density at radius 1 is 0.356 bits per heavy atom. The van der Waals surface area contributed by atoms with E-state index in [-0.39, 0.29) is 32.2 Å². The van der Waals surface area contributed by atoms with E-state index >= 15 is 0 Å². The maximum Gasteiger partial charge on any atom is 0.306 e. The van der Waals surface area contributed by atoms with Crippen LogP contribution in [0.15, 0.2) is 72.9 Å². The van der Waals surface area contributed by atoms with E-state index in [4.69, 9.17) is 18.9 Å². The summed E-state index contributed by atoms with van der Waals surface area (Å²) in [6, 6.07) is 0. The predicted molar refractivity (Wildman–Crippen MR) is 371 cm³/mol. The third-order valence-corrected chi connectivity index (χ3v) is 16.4. The molecule has 0 aromatic carbocycles. The minimum Gasteiger partial charge on any atom is -0.545 e. The van der Waals surface area contributed by atoms with Crippen LogP contribution in [-0.2, 0) is 33.3 Å². The molecule has 0 aliphatic carbocycles. The van der Waals surface area contributed by atoms with Gasteiger partial charge in [-0.25, -0.2) is 0 Å². The fourth-order valence-electron chi connectivity index (χ4n) is 10.8. The second-order valence-electron chi connectivity index (χ2n) is 26.2.